The van der Waals surface area contributed by atoms with Gasteiger partial charge in [-0.1, -0.05) is 29.8 Å². The van der Waals surface area contributed by atoms with Gasteiger partial charge in [-0.25, -0.2) is 0 Å². The Morgan fingerprint density at radius 2 is 1.75 bits per heavy atom. The Labute approximate surface area is 143 Å². The fraction of sp³-hybridized carbons (Fsp3) is 0.250. The highest BCUT2D eigenvalue weighted by Gasteiger charge is 2.06. The highest BCUT2D eigenvalue weighted by Crippen LogP contribution is 2.14. The molecule has 0 saturated heterocycles. The average Bonchev–Trinajstić information content (AvgIpc) is 2.60. The minimum atomic E-state index is -0.161. The molecule has 4 heteroatoms. The first-order chi connectivity index (χ1) is 11.6. The maximum Gasteiger partial charge on any atom is 0.262 e. The lowest BCUT2D eigenvalue weighted by Gasteiger charge is -2.23. The van der Waals surface area contributed by atoms with Gasteiger partial charge in [-0.2, -0.15) is 0 Å². The van der Waals surface area contributed by atoms with Crippen LogP contribution in [0.1, 0.15) is 25.0 Å². The largest absolute Gasteiger partial charge is 0.494 e. The second-order valence-electron chi connectivity index (χ2n) is 5.39. The van der Waals surface area contributed by atoms with E-state index in [0.29, 0.717) is 13.2 Å². The Bertz CT molecular complexity index is 676. The summed E-state index contributed by atoms with van der Waals surface area (Å²) in [4.78, 5) is 12.1. The van der Waals surface area contributed by atoms with Crippen LogP contribution in [0.25, 0.3) is 6.08 Å². The van der Waals surface area contributed by atoms with E-state index in [1.54, 1.807) is 6.08 Å². The fourth-order valence-corrected chi connectivity index (χ4v) is 2.23. The van der Waals surface area contributed by atoms with Crippen molar-refractivity contribution in [1.29, 1.82) is 0 Å². The minimum absolute atomic E-state index is 0.161. The molecule has 2 aromatic rings. The Morgan fingerprint density at radius 3 is 2.33 bits per heavy atom. The number of hydrogen-bond acceptors (Lipinski definition) is 3. The lowest BCUT2D eigenvalue weighted by atomic mass is 10.2. The molecule has 0 aliphatic rings. The summed E-state index contributed by atoms with van der Waals surface area (Å²) < 4.78 is 5.40. The number of hydrogen-bond donors (Lipinski definition) is 1. The van der Waals surface area contributed by atoms with E-state index in [9.17, 15) is 4.79 Å². The molecule has 0 aliphatic heterocycles. The van der Waals surface area contributed by atoms with Gasteiger partial charge in [-0.05, 0) is 56.7 Å². The summed E-state index contributed by atoms with van der Waals surface area (Å²) in [6.07, 6.45) is 3.32. The normalized spacial score (nSPS) is 10.6. The van der Waals surface area contributed by atoms with Crippen molar-refractivity contribution < 1.29 is 9.53 Å². The highest BCUT2D eigenvalue weighted by atomic mass is 16.5. The molecule has 126 valence electrons. The van der Waals surface area contributed by atoms with Crippen LogP contribution >= 0.6 is 0 Å². The van der Waals surface area contributed by atoms with Gasteiger partial charge in [0.1, 0.15) is 5.75 Å². The SMILES string of the molecule is CCOc1ccc(/C=C/C(=O)NN(CC)c2ccc(C)cc2)cc1. The molecule has 24 heavy (non-hydrogen) atoms. The van der Waals surface area contributed by atoms with Crippen molar-refractivity contribution in [3.63, 3.8) is 0 Å². The van der Waals surface area contributed by atoms with Gasteiger partial charge in [0.2, 0.25) is 0 Å². The van der Waals surface area contributed by atoms with Gasteiger partial charge in [-0.15, -0.1) is 0 Å². The van der Waals surface area contributed by atoms with E-state index in [0.717, 1.165) is 17.0 Å². The second-order valence-corrected chi connectivity index (χ2v) is 5.39. The predicted molar refractivity (Wildman–Crippen MR) is 99.0 cm³/mol. The first-order valence-corrected chi connectivity index (χ1v) is 8.18. The molecule has 2 rings (SSSR count). The van der Waals surface area contributed by atoms with Gasteiger partial charge < -0.3 is 4.74 Å². The Balaban J connectivity index is 1.96. The van der Waals surface area contributed by atoms with Crippen molar-refractivity contribution in [1.82, 2.24) is 5.43 Å². The zero-order valence-corrected chi connectivity index (χ0v) is 14.5. The third kappa shape index (κ3) is 5.16. The molecule has 0 spiro atoms. The lowest BCUT2D eigenvalue weighted by Crippen LogP contribution is -2.41. The molecule has 0 heterocycles. The number of nitrogens with one attached hydrogen (secondary N) is 1. The summed E-state index contributed by atoms with van der Waals surface area (Å²) in [6, 6.07) is 15.7. The van der Waals surface area contributed by atoms with Crippen molar-refractivity contribution >= 4 is 17.7 Å². The van der Waals surface area contributed by atoms with E-state index in [-0.39, 0.29) is 5.91 Å². The molecule has 0 aromatic heterocycles. The maximum absolute atomic E-state index is 12.1. The van der Waals surface area contributed by atoms with Crippen molar-refractivity contribution in [3.05, 3.63) is 65.7 Å². The van der Waals surface area contributed by atoms with Crippen LogP contribution < -0.4 is 15.2 Å². The van der Waals surface area contributed by atoms with Crippen molar-refractivity contribution in [2.45, 2.75) is 20.8 Å². The zero-order chi connectivity index (χ0) is 17.4. The van der Waals surface area contributed by atoms with E-state index in [4.69, 9.17) is 4.74 Å². The van der Waals surface area contributed by atoms with Crippen LogP contribution in [-0.4, -0.2) is 19.1 Å². The number of anilines is 1. The third-order valence-corrected chi connectivity index (χ3v) is 3.53. The zero-order valence-electron chi connectivity index (χ0n) is 14.5. The predicted octanol–water partition coefficient (Wildman–Crippen LogP) is 3.96. The minimum Gasteiger partial charge on any atom is -0.494 e. The molecule has 1 amide bonds. The molecule has 0 saturated carbocycles. The topological polar surface area (TPSA) is 41.6 Å². The molecule has 0 atom stereocenters. The number of benzene rings is 2. The number of amides is 1. The molecule has 0 radical (unpaired) electrons. The van der Waals surface area contributed by atoms with Crippen molar-refractivity contribution in [2.75, 3.05) is 18.2 Å². The van der Waals surface area contributed by atoms with Gasteiger partial charge in [0.05, 0.1) is 12.3 Å². The number of nitrogens with zero attached hydrogens (tertiary/aromatic N) is 1. The van der Waals surface area contributed by atoms with Crippen molar-refractivity contribution in [3.8, 4) is 5.75 Å². The van der Waals surface area contributed by atoms with Gasteiger partial charge >= 0.3 is 0 Å². The van der Waals surface area contributed by atoms with E-state index >= 15 is 0 Å². The molecule has 0 aliphatic carbocycles. The molecule has 1 N–H and O–H groups in total. The van der Waals surface area contributed by atoms with E-state index in [1.165, 1.54) is 11.6 Å². The fourth-order valence-electron chi connectivity index (χ4n) is 2.23. The van der Waals surface area contributed by atoms with Crippen LogP contribution in [0.2, 0.25) is 0 Å². The van der Waals surface area contributed by atoms with Gasteiger partial charge in [-0.3, -0.25) is 15.2 Å². The van der Waals surface area contributed by atoms with Gasteiger partial charge in [0, 0.05) is 12.6 Å². The molecule has 0 unspecified atom stereocenters. The number of rotatable bonds is 7. The lowest BCUT2D eigenvalue weighted by molar-refractivity contribution is -0.116. The summed E-state index contributed by atoms with van der Waals surface area (Å²) in [7, 11) is 0. The first-order valence-electron chi connectivity index (χ1n) is 8.18. The molecular weight excluding hydrogens is 300 g/mol. The van der Waals surface area contributed by atoms with Crippen molar-refractivity contribution in [2.24, 2.45) is 0 Å². The van der Waals surface area contributed by atoms with Crippen LogP contribution in [0.15, 0.2) is 54.6 Å². The maximum atomic E-state index is 12.1. The summed E-state index contributed by atoms with van der Waals surface area (Å²) in [5.74, 6) is 0.668. The van der Waals surface area contributed by atoms with Crippen LogP contribution in [0, 0.1) is 6.92 Å². The summed E-state index contributed by atoms with van der Waals surface area (Å²) in [5.41, 5.74) is 5.99. The monoisotopic (exact) mass is 324 g/mol. The van der Waals surface area contributed by atoms with Crippen LogP contribution in [0.3, 0.4) is 0 Å². The third-order valence-electron chi connectivity index (χ3n) is 3.53. The van der Waals surface area contributed by atoms with E-state index in [2.05, 4.69) is 5.43 Å². The molecule has 0 bridgehead atoms. The number of ether oxygens (including phenoxy) is 1. The summed E-state index contributed by atoms with van der Waals surface area (Å²) in [6.45, 7) is 7.31. The molecule has 2 aromatic carbocycles. The molecule has 0 fully saturated rings. The van der Waals surface area contributed by atoms with Gasteiger partial charge in [0.15, 0.2) is 0 Å². The Hall–Kier alpha value is -2.75. The average molecular weight is 324 g/mol. The van der Waals surface area contributed by atoms with E-state index < -0.39 is 0 Å². The molecule has 4 nitrogen and oxygen atoms in total. The van der Waals surface area contributed by atoms with Gasteiger partial charge in [0.25, 0.3) is 5.91 Å². The summed E-state index contributed by atoms with van der Waals surface area (Å²) >= 11 is 0. The number of aryl methyl sites for hydroxylation is 1. The Morgan fingerprint density at radius 1 is 1.08 bits per heavy atom. The number of hydrazine groups is 1. The Kier molecular flexibility index (Phi) is 6.43. The van der Waals surface area contributed by atoms with Crippen LogP contribution in [-0.2, 0) is 4.79 Å². The number of carbonyl (C=O) groups excluding carboxylic acids is 1. The van der Waals surface area contributed by atoms with Crippen LogP contribution in [0.4, 0.5) is 5.69 Å². The second kappa shape index (κ2) is 8.77. The molecular formula is C20H24N2O2. The smallest absolute Gasteiger partial charge is 0.262 e. The first kappa shape index (κ1) is 17.6. The number of carbonyl (C=O) groups is 1. The van der Waals surface area contributed by atoms with E-state index in [1.807, 2.05) is 74.3 Å². The summed E-state index contributed by atoms with van der Waals surface area (Å²) in [5, 5.41) is 1.82. The quantitative estimate of drug-likeness (QED) is 0.619. The standard InChI is InChI=1S/C20H24N2O2/c1-4-22(18-11-6-16(3)7-12-18)21-20(23)15-10-17-8-13-19(14-9-17)24-5-2/h6-15H,4-5H2,1-3H3,(H,21,23)/b15-10+. The van der Waals surface area contributed by atoms with Crippen LogP contribution in [0.5, 0.6) is 5.75 Å². The highest BCUT2D eigenvalue weighted by molar-refractivity contribution is 5.92.